The van der Waals surface area contributed by atoms with Gasteiger partial charge in [0.05, 0.1) is 17.1 Å². The van der Waals surface area contributed by atoms with Crippen LogP contribution in [0.3, 0.4) is 0 Å². The van der Waals surface area contributed by atoms with E-state index < -0.39 is 0 Å². The van der Waals surface area contributed by atoms with Gasteiger partial charge in [0.1, 0.15) is 0 Å². The number of fused-ring (bicyclic) bond motifs is 7. The average molecular weight is 736 g/mol. The standard InChI is InChI=1S/C52H33NS2/c1-2-16-35-33-36(32-31-34(35)15-1)37-17-3-4-18-38(37)39-19-5-9-24-44(39)53(46-26-14-30-50-52(46)43-22-8-12-28-48(43)55-50)45-25-10-6-20-40(45)41-23-13-29-49-51(41)42-21-7-11-27-47(42)54-49/h1-33H. The number of hydrogen-bond acceptors (Lipinski definition) is 3. The van der Waals surface area contributed by atoms with Crippen LogP contribution in [0.2, 0.25) is 0 Å². The van der Waals surface area contributed by atoms with Gasteiger partial charge in [-0.1, -0.05) is 152 Å². The van der Waals surface area contributed by atoms with Crippen LogP contribution in [0.4, 0.5) is 17.1 Å². The Bertz CT molecular complexity index is 3240. The molecular formula is C52H33NS2. The lowest BCUT2D eigenvalue weighted by Crippen LogP contribution is -2.13. The van der Waals surface area contributed by atoms with Gasteiger partial charge in [-0.15, -0.1) is 22.7 Å². The molecule has 0 saturated heterocycles. The molecule has 11 aromatic rings. The largest absolute Gasteiger partial charge is 0.309 e. The first-order valence-corrected chi connectivity index (χ1v) is 20.3. The minimum Gasteiger partial charge on any atom is -0.309 e. The first-order valence-electron chi connectivity index (χ1n) is 18.7. The van der Waals surface area contributed by atoms with E-state index in [0.29, 0.717) is 0 Å². The molecule has 2 aromatic heterocycles. The summed E-state index contributed by atoms with van der Waals surface area (Å²) in [6.07, 6.45) is 0. The average Bonchev–Trinajstić information content (AvgIpc) is 3.83. The van der Waals surface area contributed by atoms with Crippen molar-refractivity contribution in [2.75, 3.05) is 4.90 Å². The van der Waals surface area contributed by atoms with Crippen LogP contribution in [0, 0.1) is 0 Å². The van der Waals surface area contributed by atoms with Gasteiger partial charge in [-0.05, 0) is 81.6 Å². The Hall–Kier alpha value is -6.52. The minimum absolute atomic E-state index is 1.13. The van der Waals surface area contributed by atoms with Crippen LogP contribution in [-0.2, 0) is 0 Å². The van der Waals surface area contributed by atoms with E-state index in [1.54, 1.807) is 0 Å². The van der Waals surface area contributed by atoms with Crippen LogP contribution < -0.4 is 4.90 Å². The van der Waals surface area contributed by atoms with Crippen LogP contribution in [-0.4, -0.2) is 0 Å². The van der Waals surface area contributed by atoms with Crippen molar-refractivity contribution in [3.05, 3.63) is 200 Å². The van der Waals surface area contributed by atoms with Gasteiger partial charge in [-0.25, -0.2) is 0 Å². The maximum absolute atomic E-state index is 2.54. The third-order valence-corrected chi connectivity index (χ3v) is 13.2. The van der Waals surface area contributed by atoms with E-state index in [1.807, 2.05) is 22.7 Å². The Balaban J connectivity index is 1.21. The predicted molar refractivity (Wildman–Crippen MR) is 241 cm³/mol. The lowest BCUT2D eigenvalue weighted by Gasteiger charge is -2.31. The van der Waals surface area contributed by atoms with Gasteiger partial charge in [0.15, 0.2) is 0 Å². The molecule has 0 N–H and O–H groups in total. The Labute approximate surface area is 327 Å². The summed E-state index contributed by atoms with van der Waals surface area (Å²) in [5, 5.41) is 7.65. The summed E-state index contributed by atoms with van der Waals surface area (Å²) in [4.78, 5) is 2.54. The monoisotopic (exact) mass is 735 g/mol. The molecule has 0 saturated carbocycles. The maximum atomic E-state index is 2.54. The molecule has 0 atom stereocenters. The highest BCUT2D eigenvalue weighted by Crippen LogP contribution is 2.51. The van der Waals surface area contributed by atoms with E-state index >= 15 is 0 Å². The van der Waals surface area contributed by atoms with Gasteiger partial charge in [0.2, 0.25) is 0 Å². The molecule has 0 aliphatic heterocycles. The quantitative estimate of drug-likeness (QED) is 0.164. The second-order valence-electron chi connectivity index (χ2n) is 14.0. The fourth-order valence-corrected chi connectivity index (χ4v) is 10.7. The minimum atomic E-state index is 1.13. The van der Waals surface area contributed by atoms with Crippen molar-refractivity contribution >= 4 is 90.9 Å². The van der Waals surface area contributed by atoms with Gasteiger partial charge in [-0.2, -0.15) is 0 Å². The molecule has 11 rings (SSSR count). The zero-order valence-corrected chi connectivity index (χ0v) is 31.4. The van der Waals surface area contributed by atoms with E-state index in [1.165, 1.54) is 90.2 Å². The molecule has 0 bridgehead atoms. The highest BCUT2D eigenvalue weighted by atomic mass is 32.1. The summed E-state index contributed by atoms with van der Waals surface area (Å²) in [5.41, 5.74) is 10.7. The zero-order valence-electron chi connectivity index (χ0n) is 29.8. The van der Waals surface area contributed by atoms with Crippen molar-refractivity contribution in [2.45, 2.75) is 0 Å². The number of nitrogens with zero attached hydrogens (tertiary/aromatic N) is 1. The fraction of sp³-hybridized carbons (Fsp3) is 0. The molecule has 0 amide bonds. The second kappa shape index (κ2) is 13.1. The molecule has 55 heavy (non-hydrogen) atoms. The van der Waals surface area contributed by atoms with Crippen LogP contribution >= 0.6 is 22.7 Å². The molecule has 0 aliphatic rings. The molecule has 9 aromatic carbocycles. The Morgan fingerprint density at radius 2 is 0.764 bits per heavy atom. The van der Waals surface area contributed by atoms with E-state index in [-0.39, 0.29) is 0 Å². The van der Waals surface area contributed by atoms with Gasteiger partial charge in [-0.3, -0.25) is 0 Å². The first-order chi connectivity index (χ1) is 27.3. The number of rotatable bonds is 6. The molecular weight excluding hydrogens is 703 g/mol. The van der Waals surface area contributed by atoms with E-state index in [2.05, 4.69) is 205 Å². The van der Waals surface area contributed by atoms with Crippen molar-refractivity contribution in [2.24, 2.45) is 0 Å². The number of anilines is 3. The van der Waals surface area contributed by atoms with Crippen LogP contribution in [0.15, 0.2) is 200 Å². The van der Waals surface area contributed by atoms with E-state index in [9.17, 15) is 0 Å². The van der Waals surface area contributed by atoms with Gasteiger partial charge in [0.25, 0.3) is 0 Å². The summed E-state index contributed by atoms with van der Waals surface area (Å²) in [5.74, 6) is 0. The van der Waals surface area contributed by atoms with Crippen molar-refractivity contribution in [3.63, 3.8) is 0 Å². The summed E-state index contributed by atoms with van der Waals surface area (Å²) >= 11 is 3.73. The second-order valence-corrected chi connectivity index (χ2v) is 16.2. The third-order valence-electron chi connectivity index (χ3n) is 10.9. The molecule has 0 radical (unpaired) electrons. The van der Waals surface area contributed by atoms with Crippen LogP contribution in [0.1, 0.15) is 0 Å². The van der Waals surface area contributed by atoms with E-state index in [4.69, 9.17) is 0 Å². The van der Waals surface area contributed by atoms with Gasteiger partial charge < -0.3 is 4.90 Å². The summed E-state index contributed by atoms with van der Waals surface area (Å²) < 4.78 is 5.18. The molecule has 0 aliphatic carbocycles. The molecule has 0 fully saturated rings. The number of para-hydroxylation sites is 2. The lowest BCUT2D eigenvalue weighted by molar-refractivity contribution is 1.30. The predicted octanol–water partition coefficient (Wildman–Crippen LogP) is 16.0. The third kappa shape index (κ3) is 5.27. The molecule has 0 spiro atoms. The number of thiophene rings is 2. The molecule has 258 valence electrons. The van der Waals surface area contributed by atoms with Crippen LogP contribution in [0.25, 0.3) is 84.5 Å². The van der Waals surface area contributed by atoms with Gasteiger partial charge in [0, 0.05) is 51.5 Å². The maximum Gasteiger partial charge on any atom is 0.0555 e. The van der Waals surface area contributed by atoms with Crippen molar-refractivity contribution in [1.82, 2.24) is 0 Å². The van der Waals surface area contributed by atoms with Gasteiger partial charge >= 0.3 is 0 Å². The topological polar surface area (TPSA) is 3.24 Å². The summed E-state index contributed by atoms with van der Waals surface area (Å²) in [6, 6.07) is 73.5. The SMILES string of the molecule is c1ccc(-c2ccccc2N(c2ccccc2-c2cccc3sc4ccccc4c23)c2cccc3sc4ccccc4c23)c(-c2ccc3ccccc3c2)c1. The molecule has 1 nitrogen and oxygen atoms in total. The van der Waals surface area contributed by atoms with Crippen molar-refractivity contribution < 1.29 is 0 Å². The lowest BCUT2D eigenvalue weighted by atomic mass is 9.91. The zero-order chi connectivity index (χ0) is 36.3. The highest BCUT2D eigenvalue weighted by Gasteiger charge is 2.25. The number of benzene rings is 9. The first kappa shape index (κ1) is 32.0. The molecule has 2 heterocycles. The summed E-state index contributed by atoms with van der Waals surface area (Å²) in [7, 11) is 0. The smallest absolute Gasteiger partial charge is 0.0555 e. The Morgan fingerprint density at radius 3 is 1.49 bits per heavy atom. The Morgan fingerprint density at radius 1 is 0.291 bits per heavy atom. The highest BCUT2D eigenvalue weighted by molar-refractivity contribution is 7.26. The molecule has 3 heteroatoms. The summed E-state index contributed by atoms with van der Waals surface area (Å²) in [6.45, 7) is 0. The van der Waals surface area contributed by atoms with E-state index in [0.717, 1.165) is 11.4 Å². The fourth-order valence-electron chi connectivity index (χ4n) is 8.45. The van der Waals surface area contributed by atoms with Crippen LogP contribution in [0.5, 0.6) is 0 Å². The molecule has 0 unspecified atom stereocenters. The normalized spacial score (nSPS) is 11.6. The number of hydrogen-bond donors (Lipinski definition) is 0. The van der Waals surface area contributed by atoms with Crippen molar-refractivity contribution in [3.8, 4) is 33.4 Å². The Kier molecular flexibility index (Phi) is 7.61. The van der Waals surface area contributed by atoms with Crippen molar-refractivity contribution in [1.29, 1.82) is 0 Å².